The molecule has 0 unspecified atom stereocenters. The van der Waals surface area contributed by atoms with Crippen molar-refractivity contribution in [3.63, 3.8) is 0 Å². The summed E-state index contributed by atoms with van der Waals surface area (Å²) in [5.74, 6) is 0.910. The fraction of sp³-hybridized carbons (Fsp3) is 0.536. The molecule has 3 aliphatic heterocycles. The quantitative estimate of drug-likeness (QED) is 0.591. The first-order valence-electron chi connectivity index (χ1n) is 12.6. The van der Waals surface area contributed by atoms with E-state index in [1.165, 1.54) is 0 Å². The Bertz CT molecular complexity index is 1060. The number of alkyl carbamates (subject to hydrolysis) is 1. The topological polar surface area (TPSA) is 50.8 Å². The molecule has 0 saturated carbocycles. The van der Waals surface area contributed by atoms with Crippen molar-refractivity contribution in [3.05, 3.63) is 53.3 Å². The molecule has 182 valence electrons. The summed E-state index contributed by atoms with van der Waals surface area (Å²) in [6, 6.07) is 10.8. The van der Waals surface area contributed by atoms with Crippen LogP contribution in [0.1, 0.15) is 57.2 Å². The van der Waals surface area contributed by atoms with Gasteiger partial charge in [0.15, 0.2) is 0 Å². The molecule has 3 fully saturated rings. The number of piperidine rings is 3. The second-order valence-corrected chi connectivity index (χ2v) is 10.7. The predicted octanol–water partition coefficient (Wildman–Crippen LogP) is 5.73. The molecule has 0 radical (unpaired) electrons. The van der Waals surface area contributed by atoms with E-state index in [2.05, 4.69) is 31.0 Å². The molecule has 6 heteroatoms. The number of carbonyl (C=O) groups excluding carboxylic acids is 1. The Hall–Kier alpha value is -2.60. The van der Waals surface area contributed by atoms with Crippen molar-refractivity contribution in [1.29, 1.82) is 0 Å². The van der Waals surface area contributed by atoms with Crippen LogP contribution in [0, 0.1) is 17.2 Å². The van der Waals surface area contributed by atoms with Gasteiger partial charge in [0, 0.05) is 12.1 Å². The van der Waals surface area contributed by atoms with Gasteiger partial charge in [0.1, 0.15) is 17.7 Å². The van der Waals surface area contributed by atoms with Crippen LogP contribution in [0.15, 0.2) is 36.4 Å². The third kappa shape index (κ3) is 4.52. The molecule has 2 atom stereocenters. The van der Waals surface area contributed by atoms with Crippen molar-refractivity contribution < 1.29 is 18.7 Å². The molecule has 2 aromatic carbocycles. The van der Waals surface area contributed by atoms with Gasteiger partial charge in [0.2, 0.25) is 0 Å². The van der Waals surface area contributed by atoms with Crippen LogP contribution >= 0.6 is 0 Å². The Balaban J connectivity index is 1.35. The number of carbonyl (C=O) groups is 1. The molecule has 1 amide bonds. The first-order chi connectivity index (χ1) is 16.3. The van der Waals surface area contributed by atoms with E-state index in [1.54, 1.807) is 6.07 Å². The number of rotatable bonds is 6. The average molecular weight is 467 g/mol. The van der Waals surface area contributed by atoms with E-state index in [0.717, 1.165) is 67.8 Å². The van der Waals surface area contributed by atoms with E-state index in [4.69, 9.17) is 9.47 Å². The Kier molecular flexibility index (Phi) is 6.28. The lowest BCUT2D eigenvalue weighted by Crippen LogP contribution is -2.53. The summed E-state index contributed by atoms with van der Waals surface area (Å²) >= 11 is 0. The first kappa shape index (κ1) is 23.2. The Morgan fingerprint density at radius 2 is 2.00 bits per heavy atom. The van der Waals surface area contributed by atoms with Gasteiger partial charge in [-0.15, -0.1) is 0 Å². The van der Waals surface area contributed by atoms with Crippen LogP contribution in [0.4, 0.5) is 9.18 Å². The monoisotopic (exact) mass is 466 g/mol. The standard InChI is InChI=1S/C28H35FN2O3/c1-4-12-33-21-7-5-6-19(13-21)22-14-20-16-28(2,3)26(23(20)15-24(22)29)30-27(32)34-25-17-31-10-8-18(25)9-11-31/h5-7,13-15,18,25-26H,4,8-12,16-17H2,1-3H3,(H,30,32)/t25-,26-/m0/s1. The highest BCUT2D eigenvalue weighted by Crippen LogP contribution is 2.47. The van der Waals surface area contributed by atoms with Crippen molar-refractivity contribution in [2.24, 2.45) is 11.3 Å². The summed E-state index contributed by atoms with van der Waals surface area (Å²) in [6.45, 7) is 9.94. The second-order valence-electron chi connectivity index (χ2n) is 10.7. The van der Waals surface area contributed by atoms with Gasteiger partial charge in [-0.25, -0.2) is 9.18 Å². The molecule has 0 aromatic heterocycles. The van der Waals surface area contributed by atoms with Crippen LogP contribution in [0.5, 0.6) is 5.75 Å². The number of nitrogens with one attached hydrogen (secondary N) is 1. The van der Waals surface area contributed by atoms with Crippen molar-refractivity contribution in [1.82, 2.24) is 10.2 Å². The molecule has 5 nitrogen and oxygen atoms in total. The van der Waals surface area contributed by atoms with Gasteiger partial charge in [-0.1, -0.05) is 32.9 Å². The van der Waals surface area contributed by atoms with Crippen molar-refractivity contribution in [2.45, 2.75) is 58.6 Å². The summed E-state index contributed by atoms with van der Waals surface area (Å²) in [5, 5.41) is 3.08. The van der Waals surface area contributed by atoms with Crippen molar-refractivity contribution in [2.75, 3.05) is 26.2 Å². The lowest BCUT2D eigenvalue weighted by atomic mass is 9.85. The van der Waals surface area contributed by atoms with Crippen molar-refractivity contribution >= 4 is 6.09 Å². The maximum Gasteiger partial charge on any atom is 0.407 e. The van der Waals surface area contributed by atoms with Gasteiger partial charge in [-0.05, 0) is 91.1 Å². The molecule has 3 saturated heterocycles. The normalized spacial score (nSPS) is 26.7. The third-order valence-electron chi connectivity index (χ3n) is 7.70. The van der Waals surface area contributed by atoms with Crippen LogP contribution in [0.25, 0.3) is 11.1 Å². The summed E-state index contributed by atoms with van der Waals surface area (Å²) in [7, 11) is 0. The van der Waals surface area contributed by atoms with Crippen molar-refractivity contribution in [3.8, 4) is 16.9 Å². The van der Waals surface area contributed by atoms with Crippen LogP contribution in [-0.2, 0) is 11.2 Å². The van der Waals surface area contributed by atoms with Gasteiger partial charge in [0.25, 0.3) is 0 Å². The maximum atomic E-state index is 15.4. The number of halogens is 1. The van der Waals surface area contributed by atoms with Gasteiger partial charge in [0.05, 0.1) is 12.6 Å². The van der Waals surface area contributed by atoms with Crippen LogP contribution < -0.4 is 10.1 Å². The SMILES string of the molecule is CCCOc1cccc(-c2cc3c(cc2F)[C@H](NC(=O)O[C@H]2CN4CCC2CC4)C(C)(C)C3)c1. The number of fused-ring (bicyclic) bond motifs is 4. The molecule has 6 rings (SSSR count). The lowest BCUT2D eigenvalue weighted by Gasteiger charge is -2.44. The largest absolute Gasteiger partial charge is 0.494 e. The van der Waals surface area contributed by atoms with E-state index in [0.29, 0.717) is 18.1 Å². The zero-order valence-corrected chi connectivity index (χ0v) is 20.4. The molecule has 1 N–H and O–H groups in total. The van der Waals surface area contributed by atoms with Gasteiger partial charge < -0.3 is 14.8 Å². The highest BCUT2D eigenvalue weighted by atomic mass is 19.1. The number of hydrogen-bond acceptors (Lipinski definition) is 4. The Labute approximate surface area is 201 Å². The Morgan fingerprint density at radius 1 is 1.21 bits per heavy atom. The number of hydrogen-bond donors (Lipinski definition) is 1. The number of benzene rings is 2. The molecular formula is C28H35FN2O3. The summed E-state index contributed by atoms with van der Waals surface area (Å²) in [4.78, 5) is 15.2. The second kappa shape index (κ2) is 9.21. The molecule has 34 heavy (non-hydrogen) atoms. The molecule has 2 bridgehead atoms. The minimum absolute atomic E-state index is 0.0483. The van der Waals surface area contributed by atoms with Crippen LogP contribution in [0.3, 0.4) is 0 Å². The zero-order valence-electron chi connectivity index (χ0n) is 20.4. The highest BCUT2D eigenvalue weighted by Gasteiger charge is 2.42. The average Bonchev–Trinajstić information content (AvgIpc) is 3.06. The lowest BCUT2D eigenvalue weighted by molar-refractivity contribution is -0.0349. The van der Waals surface area contributed by atoms with Gasteiger partial charge in [-0.3, -0.25) is 4.90 Å². The molecule has 1 aliphatic carbocycles. The number of nitrogens with zero attached hydrogens (tertiary/aromatic N) is 1. The number of amides is 1. The summed E-state index contributed by atoms with van der Waals surface area (Å²) in [5.41, 5.74) is 3.02. The molecule has 0 spiro atoms. The summed E-state index contributed by atoms with van der Waals surface area (Å²) < 4.78 is 27.0. The molecular weight excluding hydrogens is 431 g/mol. The zero-order chi connectivity index (χ0) is 23.9. The first-order valence-corrected chi connectivity index (χ1v) is 12.6. The van der Waals surface area contributed by atoms with Crippen LogP contribution in [-0.4, -0.2) is 43.3 Å². The van der Waals surface area contributed by atoms with Crippen LogP contribution in [0.2, 0.25) is 0 Å². The van der Waals surface area contributed by atoms with E-state index >= 15 is 4.39 Å². The van der Waals surface area contributed by atoms with E-state index in [-0.39, 0.29) is 23.4 Å². The Morgan fingerprint density at radius 3 is 2.71 bits per heavy atom. The van der Waals surface area contributed by atoms with E-state index in [1.807, 2.05) is 30.3 Å². The minimum Gasteiger partial charge on any atom is -0.494 e. The molecule has 2 aromatic rings. The fourth-order valence-electron chi connectivity index (χ4n) is 5.87. The number of ether oxygens (including phenoxy) is 2. The van der Waals surface area contributed by atoms with Gasteiger partial charge in [-0.2, -0.15) is 0 Å². The molecule has 3 heterocycles. The minimum atomic E-state index is -0.394. The maximum absolute atomic E-state index is 15.4. The van der Waals surface area contributed by atoms with E-state index in [9.17, 15) is 4.79 Å². The predicted molar refractivity (Wildman–Crippen MR) is 130 cm³/mol. The smallest absolute Gasteiger partial charge is 0.407 e. The van der Waals surface area contributed by atoms with Gasteiger partial charge >= 0.3 is 6.09 Å². The molecule has 4 aliphatic rings. The third-order valence-corrected chi connectivity index (χ3v) is 7.70. The summed E-state index contributed by atoms with van der Waals surface area (Å²) in [6.07, 6.45) is 3.42. The van der Waals surface area contributed by atoms with E-state index < -0.39 is 6.09 Å². The highest BCUT2D eigenvalue weighted by molar-refractivity contribution is 5.71. The fourth-order valence-corrected chi connectivity index (χ4v) is 5.87.